The van der Waals surface area contributed by atoms with E-state index in [2.05, 4.69) is 4.74 Å². The monoisotopic (exact) mass is 302 g/mol. The molecule has 0 heterocycles. The van der Waals surface area contributed by atoms with Crippen LogP contribution in [0.5, 0.6) is 0 Å². The number of hydrogen-bond donors (Lipinski definition) is 0. The van der Waals surface area contributed by atoms with E-state index in [9.17, 15) is 9.18 Å². The third-order valence-corrected chi connectivity index (χ3v) is 3.53. The van der Waals surface area contributed by atoms with Gasteiger partial charge in [-0.05, 0) is 26.0 Å². The van der Waals surface area contributed by atoms with Crippen LogP contribution in [0, 0.1) is 5.82 Å². The average molecular weight is 302 g/mol. The third-order valence-electron chi connectivity index (χ3n) is 2.44. The van der Waals surface area contributed by atoms with E-state index in [0.717, 1.165) is 0 Å². The molecule has 0 spiro atoms. The minimum Gasteiger partial charge on any atom is -0.465 e. The van der Waals surface area contributed by atoms with Crippen LogP contribution in [-0.4, -0.2) is 38.3 Å². The molecule has 6 heteroatoms. The van der Waals surface area contributed by atoms with Gasteiger partial charge in [-0.15, -0.1) is 11.8 Å². The Morgan fingerprint density at radius 3 is 2.50 bits per heavy atom. The van der Waals surface area contributed by atoms with Crippen LogP contribution < -0.4 is 0 Å². The molecule has 0 saturated heterocycles. The predicted molar refractivity (Wildman–Crippen MR) is 75.5 cm³/mol. The molecule has 0 N–H and O–H groups in total. The molecule has 0 aliphatic rings. The van der Waals surface area contributed by atoms with E-state index in [1.807, 2.05) is 13.8 Å². The SMILES string of the molecule is CCOC(CSc1cccc(F)c1C(=O)OC)OCC. The normalized spacial score (nSPS) is 10.8. The minimum absolute atomic E-state index is 0.0493. The summed E-state index contributed by atoms with van der Waals surface area (Å²) >= 11 is 1.30. The van der Waals surface area contributed by atoms with E-state index in [-0.39, 0.29) is 11.9 Å². The lowest BCUT2D eigenvalue weighted by Crippen LogP contribution is -2.20. The number of benzene rings is 1. The van der Waals surface area contributed by atoms with Gasteiger partial charge >= 0.3 is 5.97 Å². The number of thioether (sulfide) groups is 1. The fraction of sp³-hybridized carbons (Fsp3) is 0.500. The van der Waals surface area contributed by atoms with Gasteiger partial charge in [0.25, 0.3) is 0 Å². The number of hydrogen-bond acceptors (Lipinski definition) is 5. The van der Waals surface area contributed by atoms with Gasteiger partial charge in [0.1, 0.15) is 11.4 Å². The maximum atomic E-state index is 13.7. The van der Waals surface area contributed by atoms with Crippen molar-refractivity contribution >= 4 is 17.7 Å². The van der Waals surface area contributed by atoms with Crippen LogP contribution in [0.1, 0.15) is 24.2 Å². The van der Waals surface area contributed by atoms with E-state index < -0.39 is 11.8 Å². The van der Waals surface area contributed by atoms with Crippen LogP contribution in [-0.2, 0) is 14.2 Å². The fourth-order valence-electron chi connectivity index (χ4n) is 1.60. The Morgan fingerprint density at radius 1 is 1.30 bits per heavy atom. The highest BCUT2D eigenvalue weighted by molar-refractivity contribution is 7.99. The van der Waals surface area contributed by atoms with Crippen molar-refractivity contribution in [2.24, 2.45) is 0 Å². The standard InChI is InChI=1S/C14H19FO4S/c1-4-18-12(19-5-2)9-20-11-8-6-7-10(15)13(11)14(16)17-3/h6-8,12H,4-5,9H2,1-3H3. The first kappa shape index (κ1) is 16.9. The van der Waals surface area contributed by atoms with Gasteiger partial charge in [0.15, 0.2) is 6.29 Å². The van der Waals surface area contributed by atoms with Gasteiger partial charge in [0, 0.05) is 23.9 Å². The van der Waals surface area contributed by atoms with Crippen LogP contribution in [0.4, 0.5) is 4.39 Å². The number of carbonyl (C=O) groups excluding carboxylic acids is 1. The first-order valence-electron chi connectivity index (χ1n) is 6.36. The third kappa shape index (κ3) is 4.77. The topological polar surface area (TPSA) is 44.8 Å². The Kier molecular flexibility index (Phi) is 7.58. The Bertz CT molecular complexity index is 433. The molecular formula is C14H19FO4S. The maximum absolute atomic E-state index is 13.7. The van der Waals surface area contributed by atoms with Crippen LogP contribution in [0.2, 0.25) is 0 Å². The summed E-state index contributed by atoms with van der Waals surface area (Å²) in [6, 6.07) is 4.47. The Morgan fingerprint density at radius 2 is 1.95 bits per heavy atom. The fourth-order valence-corrected chi connectivity index (χ4v) is 2.61. The Labute approximate surface area is 122 Å². The Hall–Kier alpha value is -1.11. The summed E-state index contributed by atoms with van der Waals surface area (Å²) in [5.74, 6) is -0.809. The van der Waals surface area contributed by atoms with Gasteiger partial charge in [0.05, 0.1) is 7.11 Å². The summed E-state index contributed by atoms with van der Waals surface area (Å²) in [4.78, 5) is 12.1. The van der Waals surface area contributed by atoms with Gasteiger partial charge in [-0.2, -0.15) is 0 Å². The van der Waals surface area contributed by atoms with Crippen molar-refractivity contribution in [2.45, 2.75) is 25.0 Å². The molecule has 0 radical (unpaired) electrons. The van der Waals surface area contributed by atoms with Gasteiger partial charge < -0.3 is 14.2 Å². The van der Waals surface area contributed by atoms with Crippen molar-refractivity contribution < 1.29 is 23.4 Å². The van der Waals surface area contributed by atoms with Gasteiger partial charge in [0.2, 0.25) is 0 Å². The van der Waals surface area contributed by atoms with E-state index in [4.69, 9.17) is 9.47 Å². The highest BCUT2D eigenvalue weighted by Gasteiger charge is 2.19. The number of rotatable bonds is 8. The molecule has 0 aliphatic heterocycles. The zero-order valence-corrected chi connectivity index (χ0v) is 12.7. The average Bonchev–Trinajstić information content (AvgIpc) is 2.44. The highest BCUT2D eigenvalue weighted by atomic mass is 32.2. The number of esters is 1. The van der Waals surface area contributed by atoms with Gasteiger partial charge in [-0.25, -0.2) is 9.18 Å². The lowest BCUT2D eigenvalue weighted by atomic mass is 10.2. The van der Waals surface area contributed by atoms with Crippen LogP contribution in [0.15, 0.2) is 23.1 Å². The van der Waals surface area contributed by atoms with Crippen LogP contribution in [0.25, 0.3) is 0 Å². The minimum atomic E-state index is -0.685. The first-order valence-corrected chi connectivity index (χ1v) is 7.35. The summed E-state index contributed by atoms with van der Waals surface area (Å²) in [7, 11) is 1.23. The Balaban J connectivity index is 2.81. The zero-order chi connectivity index (χ0) is 15.0. The second-order valence-electron chi connectivity index (χ2n) is 3.76. The summed E-state index contributed by atoms with van der Waals surface area (Å²) in [5.41, 5.74) is -0.0493. The summed E-state index contributed by atoms with van der Waals surface area (Å²) in [6.07, 6.45) is -0.385. The van der Waals surface area contributed by atoms with Gasteiger partial charge in [-0.3, -0.25) is 0 Å². The van der Waals surface area contributed by atoms with E-state index >= 15 is 0 Å². The molecule has 112 valence electrons. The second-order valence-corrected chi connectivity index (χ2v) is 4.82. The number of carbonyl (C=O) groups is 1. The molecule has 0 unspecified atom stereocenters. The summed E-state index contributed by atoms with van der Waals surface area (Å²) in [6.45, 7) is 4.80. The molecule has 0 aliphatic carbocycles. The zero-order valence-electron chi connectivity index (χ0n) is 11.8. The van der Waals surface area contributed by atoms with Crippen molar-refractivity contribution in [3.05, 3.63) is 29.6 Å². The summed E-state index contributed by atoms with van der Waals surface area (Å²) < 4.78 is 29.2. The molecule has 0 fully saturated rings. The number of halogens is 1. The van der Waals surface area contributed by atoms with Crippen molar-refractivity contribution in [2.75, 3.05) is 26.1 Å². The van der Waals surface area contributed by atoms with Crippen molar-refractivity contribution in [1.29, 1.82) is 0 Å². The molecule has 0 saturated carbocycles. The van der Waals surface area contributed by atoms with E-state index in [1.54, 1.807) is 12.1 Å². The smallest absolute Gasteiger partial charge is 0.342 e. The summed E-state index contributed by atoms with van der Waals surface area (Å²) in [5, 5.41) is 0. The number of ether oxygens (including phenoxy) is 3. The molecule has 0 aromatic heterocycles. The molecule has 1 aromatic rings. The lowest BCUT2D eigenvalue weighted by Gasteiger charge is -2.17. The predicted octanol–water partition coefficient (Wildman–Crippen LogP) is 3.10. The van der Waals surface area contributed by atoms with Crippen LogP contribution in [0.3, 0.4) is 0 Å². The molecule has 20 heavy (non-hydrogen) atoms. The lowest BCUT2D eigenvalue weighted by molar-refractivity contribution is -0.120. The molecular weight excluding hydrogens is 283 g/mol. The second kappa shape index (κ2) is 8.94. The molecule has 0 amide bonds. The van der Waals surface area contributed by atoms with E-state index in [0.29, 0.717) is 23.9 Å². The van der Waals surface area contributed by atoms with Crippen molar-refractivity contribution in [3.8, 4) is 0 Å². The molecule has 1 rings (SSSR count). The first-order chi connectivity index (χ1) is 9.63. The molecule has 4 nitrogen and oxygen atoms in total. The number of methoxy groups -OCH3 is 1. The van der Waals surface area contributed by atoms with Crippen molar-refractivity contribution in [3.63, 3.8) is 0 Å². The molecule has 1 aromatic carbocycles. The van der Waals surface area contributed by atoms with Crippen LogP contribution >= 0.6 is 11.8 Å². The largest absolute Gasteiger partial charge is 0.465 e. The van der Waals surface area contributed by atoms with E-state index in [1.165, 1.54) is 24.9 Å². The maximum Gasteiger partial charge on any atom is 0.342 e. The van der Waals surface area contributed by atoms with Crippen molar-refractivity contribution in [1.82, 2.24) is 0 Å². The highest BCUT2D eigenvalue weighted by Crippen LogP contribution is 2.26. The quantitative estimate of drug-likeness (QED) is 0.419. The molecule has 0 atom stereocenters. The molecule has 0 bridgehead atoms. The van der Waals surface area contributed by atoms with Gasteiger partial charge in [-0.1, -0.05) is 6.07 Å².